The molecule has 2 rings (SSSR count). The van der Waals surface area contributed by atoms with Gasteiger partial charge in [-0.2, -0.15) is 11.8 Å². The smallest absolute Gasteiger partial charge is 0.178 e. The molecule has 5 heteroatoms. The van der Waals surface area contributed by atoms with Gasteiger partial charge < -0.3 is 4.74 Å². The lowest BCUT2D eigenvalue weighted by molar-refractivity contribution is 0.0753. The number of hydrogen-bond acceptors (Lipinski definition) is 5. The molecule has 1 aromatic rings. The molecule has 2 heterocycles. The predicted octanol–water partition coefficient (Wildman–Crippen LogP) is 2.15. The second-order valence-corrected chi connectivity index (χ2v) is 5.10. The minimum absolute atomic E-state index is 0.0240. The van der Waals surface area contributed by atoms with Crippen molar-refractivity contribution < 1.29 is 9.53 Å². The summed E-state index contributed by atoms with van der Waals surface area (Å²) in [6.45, 7) is 2.32. The molecule has 76 valence electrons. The monoisotopic (exact) mass is 229 g/mol. The molecule has 0 saturated carbocycles. The number of thioether (sulfide) groups is 1. The van der Waals surface area contributed by atoms with Crippen LogP contribution in [0.15, 0.2) is 5.38 Å². The summed E-state index contributed by atoms with van der Waals surface area (Å²) in [5, 5.41) is 2.74. The van der Waals surface area contributed by atoms with Crippen LogP contribution in [-0.2, 0) is 4.74 Å². The van der Waals surface area contributed by atoms with Crippen molar-refractivity contribution in [2.45, 2.75) is 13.0 Å². The molecule has 1 aliphatic rings. The van der Waals surface area contributed by atoms with E-state index in [0.717, 1.165) is 23.1 Å². The highest BCUT2D eigenvalue weighted by molar-refractivity contribution is 7.99. The summed E-state index contributed by atoms with van der Waals surface area (Å²) < 4.78 is 5.57. The molecular weight excluding hydrogens is 218 g/mol. The van der Waals surface area contributed by atoms with Crippen LogP contribution in [0.2, 0.25) is 0 Å². The minimum Gasteiger partial charge on any atom is -0.369 e. The van der Waals surface area contributed by atoms with Crippen molar-refractivity contribution in [1.82, 2.24) is 4.98 Å². The largest absolute Gasteiger partial charge is 0.369 e. The molecule has 0 N–H and O–H groups in total. The Bertz CT molecular complexity index is 331. The zero-order valence-corrected chi connectivity index (χ0v) is 9.49. The Morgan fingerprint density at radius 3 is 3.14 bits per heavy atom. The van der Waals surface area contributed by atoms with Crippen molar-refractivity contribution in [1.29, 1.82) is 0 Å². The molecule has 1 saturated heterocycles. The van der Waals surface area contributed by atoms with Gasteiger partial charge in [-0.15, -0.1) is 11.3 Å². The lowest BCUT2D eigenvalue weighted by Crippen LogP contribution is -2.15. The molecule has 0 aliphatic carbocycles. The maximum Gasteiger partial charge on any atom is 0.178 e. The molecule has 0 amide bonds. The van der Waals surface area contributed by atoms with E-state index in [4.69, 9.17) is 4.74 Å². The van der Waals surface area contributed by atoms with Crippen LogP contribution >= 0.6 is 23.1 Å². The number of Topliss-reactive ketones (excluding diaryl/α,β-unsaturated/α-hetero) is 1. The Morgan fingerprint density at radius 2 is 2.57 bits per heavy atom. The number of hydrogen-bond donors (Lipinski definition) is 0. The summed E-state index contributed by atoms with van der Waals surface area (Å²) >= 11 is 3.39. The standard InChI is InChI=1S/C9H11NO2S2/c1-6(11)7-4-14-9(10-7)8-5-13-3-2-12-8/h4,8H,2-3,5H2,1H3. The molecule has 1 aliphatic heterocycles. The van der Waals surface area contributed by atoms with Crippen molar-refractivity contribution in [3.63, 3.8) is 0 Å². The van der Waals surface area contributed by atoms with Gasteiger partial charge in [0.15, 0.2) is 5.78 Å². The third-order valence-electron chi connectivity index (χ3n) is 1.97. The van der Waals surface area contributed by atoms with Crippen LogP contribution in [0.4, 0.5) is 0 Å². The van der Waals surface area contributed by atoms with E-state index < -0.39 is 0 Å². The maximum atomic E-state index is 11.0. The van der Waals surface area contributed by atoms with E-state index in [1.165, 1.54) is 18.3 Å². The topological polar surface area (TPSA) is 39.2 Å². The van der Waals surface area contributed by atoms with E-state index in [2.05, 4.69) is 4.98 Å². The van der Waals surface area contributed by atoms with E-state index in [1.54, 1.807) is 5.38 Å². The zero-order valence-electron chi connectivity index (χ0n) is 7.86. The minimum atomic E-state index is 0.0240. The number of carbonyl (C=O) groups is 1. The molecule has 3 nitrogen and oxygen atoms in total. The molecule has 0 bridgehead atoms. The highest BCUT2D eigenvalue weighted by atomic mass is 32.2. The quantitative estimate of drug-likeness (QED) is 0.728. The van der Waals surface area contributed by atoms with Crippen molar-refractivity contribution >= 4 is 28.9 Å². The van der Waals surface area contributed by atoms with E-state index in [0.29, 0.717) is 5.69 Å². The van der Waals surface area contributed by atoms with Gasteiger partial charge in [-0.25, -0.2) is 4.98 Å². The van der Waals surface area contributed by atoms with E-state index >= 15 is 0 Å². The second-order valence-electron chi connectivity index (χ2n) is 3.06. The summed E-state index contributed by atoms with van der Waals surface area (Å²) in [6.07, 6.45) is 0.0897. The molecule has 0 spiro atoms. The first-order valence-electron chi connectivity index (χ1n) is 4.43. The number of ketones is 1. The Labute approximate surface area is 90.9 Å². The molecule has 14 heavy (non-hydrogen) atoms. The fourth-order valence-electron chi connectivity index (χ4n) is 1.23. The van der Waals surface area contributed by atoms with Gasteiger partial charge in [0, 0.05) is 23.8 Å². The van der Waals surface area contributed by atoms with E-state index in [-0.39, 0.29) is 11.9 Å². The van der Waals surface area contributed by atoms with Crippen LogP contribution in [0, 0.1) is 0 Å². The van der Waals surface area contributed by atoms with Gasteiger partial charge in [0.1, 0.15) is 16.8 Å². The van der Waals surface area contributed by atoms with Crippen LogP contribution in [0.1, 0.15) is 28.5 Å². The van der Waals surface area contributed by atoms with Gasteiger partial charge in [0.25, 0.3) is 0 Å². The van der Waals surface area contributed by atoms with Crippen LogP contribution in [-0.4, -0.2) is 28.9 Å². The molecule has 0 radical (unpaired) electrons. The van der Waals surface area contributed by atoms with Crippen molar-refractivity contribution in [3.05, 3.63) is 16.1 Å². The number of nitrogens with zero attached hydrogens (tertiary/aromatic N) is 1. The lowest BCUT2D eigenvalue weighted by atomic mass is 10.3. The second kappa shape index (κ2) is 4.42. The summed E-state index contributed by atoms with van der Waals surface area (Å²) in [5.41, 5.74) is 0.559. The number of carbonyl (C=O) groups excluding carboxylic acids is 1. The normalized spacial score (nSPS) is 22.2. The van der Waals surface area contributed by atoms with Crippen molar-refractivity contribution in [2.75, 3.05) is 18.1 Å². The van der Waals surface area contributed by atoms with Gasteiger partial charge in [0.05, 0.1) is 6.61 Å². The van der Waals surface area contributed by atoms with Crippen LogP contribution in [0.3, 0.4) is 0 Å². The van der Waals surface area contributed by atoms with Gasteiger partial charge in [-0.1, -0.05) is 0 Å². The predicted molar refractivity (Wildman–Crippen MR) is 58.1 cm³/mol. The summed E-state index contributed by atoms with van der Waals surface area (Å²) in [6, 6.07) is 0. The van der Waals surface area contributed by atoms with Gasteiger partial charge in [-0.05, 0) is 0 Å². The number of ether oxygens (including phenoxy) is 1. The third kappa shape index (κ3) is 2.16. The third-order valence-corrected chi connectivity index (χ3v) is 3.90. The average molecular weight is 229 g/mol. The Hall–Kier alpha value is -0.390. The number of rotatable bonds is 2. The van der Waals surface area contributed by atoms with Crippen LogP contribution in [0.25, 0.3) is 0 Å². The molecule has 1 fully saturated rings. The lowest BCUT2D eigenvalue weighted by Gasteiger charge is -2.19. The molecule has 1 atom stereocenters. The van der Waals surface area contributed by atoms with Crippen molar-refractivity contribution in [3.8, 4) is 0 Å². The molecular formula is C9H11NO2S2. The number of aromatic nitrogens is 1. The average Bonchev–Trinajstić information content (AvgIpc) is 2.68. The first-order chi connectivity index (χ1) is 6.77. The molecule has 1 unspecified atom stereocenters. The van der Waals surface area contributed by atoms with Gasteiger partial charge in [-0.3, -0.25) is 4.79 Å². The Balaban J connectivity index is 2.11. The first kappa shape index (κ1) is 10.1. The summed E-state index contributed by atoms with van der Waals surface area (Å²) in [5.74, 6) is 2.03. The van der Waals surface area contributed by atoms with Gasteiger partial charge >= 0.3 is 0 Å². The van der Waals surface area contributed by atoms with E-state index in [1.807, 2.05) is 11.8 Å². The maximum absolute atomic E-state index is 11.0. The fraction of sp³-hybridized carbons (Fsp3) is 0.556. The zero-order chi connectivity index (χ0) is 9.97. The fourth-order valence-corrected chi connectivity index (χ4v) is 3.09. The molecule has 0 aromatic carbocycles. The SMILES string of the molecule is CC(=O)c1csc(C2CSCCO2)n1. The van der Waals surface area contributed by atoms with E-state index in [9.17, 15) is 4.79 Å². The first-order valence-corrected chi connectivity index (χ1v) is 6.46. The highest BCUT2D eigenvalue weighted by Gasteiger charge is 2.20. The summed E-state index contributed by atoms with van der Waals surface area (Å²) in [4.78, 5) is 15.3. The number of thiazole rings is 1. The highest BCUT2D eigenvalue weighted by Crippen LogP contribution is 2.28. The Kier molecular flexibility index (Phi) is 3.20. The van der Waals surface area contributed by atoms with Crippen LogP contribution < -0.4 is 0 Å². The van der Waals surface area contributed by atoms with Gasteiger partial charge in [0.2, 0.25) is 0 Å². The Morgan fingerprint density at radius 1 is 1.71 bits per heavy atom. The summed E-state index contributed by atoms with van der Waals surface area (Å²) in [7, 11) is 0. The van der Waals surface area contributed by atoms with Crippen LogP contribution in [0.5, 0.6) is 0 Å². The molecule has 1 aromatic heterocycles. The van der Waals surface area contributed by atoms with Crippen molar-refractivity contribution in [2.24, 2.45) is 0 Å².